The van der Waals surface area contributed by atoms with E-state index in [2.05, 4.69) is 80.6 Å². The number of anilines is 2. The van der Waals surface area contributed by atoms with Crippen molar-refractivity contribution in [2.45, 2.75) is 91.4 Å². The molecule has 2 aliphatic heterocycles. The fourth-order valence-corrected chi connectivity index (χ4v) is 9.18. The quantitative estimate of drug-likeness (QED) is 0.319. The summed E-state index contributed by atoms with van der Waals surface area (Å²) in [4.78, 5) is 19.5. The Kier molecular flexibility index (Phi) is 7.18. The third kappa shape index (κ3) is 4.19. The summed E-state index contributed by atoms with van der Waals surface area (Å²) in [6, 6.07) is 10.1. The molecule has 4 nitrogen and oxygen atoms in total. The molecule has 2 aliphatic carbocycles. The monoisotopic (exact) mass is 587 g/mol. The summed E-state index contributed by atoms with van der Waals surface area (Å²) < 4.78 is 0. The fraction of sp³-hybridized carbons (Fsp3) is 0.475. The number of allylic oxidation sites excluding steroid dienone is 1. The van der Waals surface area contributed by atoms with Gasteiger partial charge < -0.3 is 15.1 Å². The Bertz CT molecular complexity index is 1710. The van der Waals surface area contributed by atoms with E-state index in [1.165, 1.54) is 85.4 Å². The first kappa shape index (κ1) is 29.2. The SMILES string of the molecule is C=C(CCCN1CCCc2cc3c(cc21)Cc1cc2c(cc1C31CC(=O)c3c(C)c(C)c(C)c(C)c31)CCCN2CC)NC. The number of Topliss-reactive ketones (excluding diaryl/α,β-unsaturated/α-hetero) is 1. The Labute approximate surface area is 264 Å². The Morgan fingerprint density at radius 3 is 2.05 bits per heavy atom. The zero-order valence-corrected chi connectivity index (χ0v) is 27.8. The van der Waals surface area contributed by atoms with Gasteiger partial charge in [0.1, 0.15) is 0 Å². The van der Waals surface area contributed by atoms with Gasteiger partial charge in [0, 0.05) is 62.3 Å². The van der Waals surface area contributed by atoms with Gasteiger partial charge in [0.05, 0.1) is 5.41 Å². The minimum absolute atomic E-state index is 0.319. The second-order valence-corrected chi connectivity index (χ2v) is 13.9. The van der Waals surface area contributed by atoms with Crippen LogP contribution in [0.25, 0.3) is 0 Å². The minimum Gasteiger partial charge on any atom is -0.392 e. The van der Waals surface area contributed by atoms with Crippen LogP contribution in [-0.4, -0.2) is 39.0 Å². The number of aryl methyl sites for hydroxylation is 2. The molecular weight excluding hydrogens is 538 g/mol. The molecule has 1 spiro atoms. The number of nitrogens with one attached hydrogen (secondary N) is 1. The molecule has 1 atom stereocenters. The number of carbonyl (C=O) groups is 1. The molecule has 0 bridgehead atoms. The van der Waals surface area contributed by atoms with Crippen LogP contribution in [0.5, 0.6) is 0 Å². The topological polar surface area (TPSA) is 35.6 Å². The summed E-state index contributed by atoms with van der Waals surface area (Å²) in [5.41, 5.74) is 19.5. The van der Waals surface area contributed by atoms with E-state index in [1.54, 1.807) is 0 Å². The highest BCUT2D eigenvalue weighted by molar-refractivity contribution is 6.06. The average Bonchev–Trinajstić information content (AvgIpc) is 3.34. The van der Waals surface area contributed by atoms with Crippen LogP contribution in [0.2, 0.25) is 0 Å². The smallest absolute Gasteiger partial charge is 0.165 e. The Balaban J connectivity index is 1.46. The lowest BCUT2D eigenvalue weighted by molar-refractivity contribution is 0.0983. The van der Waals surface area contributed by atoms with Crippen LogP contribution < -0.4 is 15.1 Å². The van der Waals surface area contributed by atoms with Crippen LogP contribution in [0, 0.1) is 27.7 Å². The Hall–Kier alpha value is -3.53. The number of fused-ring (bicyclic) bond motifs is 8. The highest BCUT2D eigenvalue weighted by atomic mass is 16.1. The molecule has 44 heavy (non-hydrogen) atoms. The molecule has 4 heteroatoms. The third-order valence-corrected chi connectivity index (χ3v) is 11.8. The fourth-order valence-electron chi connectivity index (χ4n) is 9.18. The van der Waals surface area contributed by atoms with E-state index >= 15 is 0 Å². The number of nitrogens with zero attached hydrogens (tertiary/aromatic N) is 2. The zero-order valence-electron chi connectivity index (χ0n) is 27.8. The van der Waals surface area contributed by atoms with Gasteiger partial charge in [-0.25, -0.2) is 0 Å². The second kappa shape index (κ2) is 10.8. The summed E-state index contributed by atoms with van der Waals surface area (Å²) in [6.45, 7) is 19.7. The maximum Gasteiger partial charge on any atom is 0.165 e. The summed E-state index contributed by atoms with van der Waals surface area (Å²) in [5, 5.41) is 3.21. The van der Waals surface area contributed by atoms with Gasteiger partial charge in [0.25, 0.3) is 0 Å². The van der Waals surface area contributed by atoms with Gasteiger partial charge in [-0.3, -0.25) is 4.79 Å². The van der Waals surface area contributed by atoms with Crippen molar-refractivity contribution in [1.82, 2.24) is 5.32 Å². The summed E-state index contributed by atoms with van der Waals surface area (Å²) >= 11 is 0. The van der Waals surface area contributed by atoms with Crippen LogP contribution in [0.3, 0.4) is 0 Å². The standard InChI is InChI=1S/C40H49N3O/c1-8-42-15-10-13-29-19-33-31(21-35(29)42)18-32-22-36-30(14-11-17-43(36)16-9-12-24(2)41-7)20-34(32)40(33)23-37(44)38-27(5)25(3)26(4)28(6)39(38)40/h19-22,41H,2,8-18,23H2,1,3-7H3. The molecule has 0 saturated heterocycles. The van der Waals surface area contributed by atoms with Crippen molar-refractivity contribution < 1.29 is 4.79 Å². The number of hydrogen-bond acceptors (Lipinski definition) is 4. The summed E-state index contributed by atoms with van der Waals surface area (Å²) in [7, 11) is 1.97. The van der Waals surface area contributed by atoms with E-state index in [4.69, 9.17) is 0 Å². The molecule has 2 heterocycles. The lowest BCUT2D eigenvalue weighted by Crippen LogP contribution is -2.37. The Morgan fingerprint density at radius 1 is 0.841 bits per heavy atom. The average molecular weight is 588 g/mol. The van der Waals surface area contributed by atoms with Gasteiger partial charge in [-0.05, 0) is 153 Å². The summed E-state index contributed by atoms with van der Waals surface area (Å²) in [6.07, 6.45) is 8.16. The van der Waals surface area contributed by atoms with Crippen LogP contribution >= 0.6 is 0 Å². The molecular formula is C40H49N3O. The molecule has 7 rings (SSSR count). The van der Waals surface area contributed by atoms with Crippen molar-refractivity contribution in [3.8, 4) is 0 Å². The van der Waals surface area contributed by atoms with Gasteiger partial charge in [-0.1, -0.05) is 18.7 Å². The van der Waals surface area contributed by atoms with Crippen molar-refractivity contribution in [2.75, 3.05) is 43.0 Å². The van der Waals surface area contributed by atoms with E-state index in [-0.39, 0.29) is 0 Å². The highest BCUT2D eigenvalue weighted by Gasteiger charge is 2.52. The molecule has 0 saturated carbocycles. The molecule has 3 aromatic rings. The maximum absolute atomic E-state index is 14.3. The largest absolute Gasteiger partial charge is 0.392 e. The predicted molar refractivity (Wildman–Crippen MR) is 184 cm³/mol. The lowest BCUT2D eigenvalue weighted by Gasteiger charge is -2.43. The van der Waals surface area contributed by atoms with E-state index in [0.717, 1.165) is 69.5 Å². The lowest BCUT2D eigenvalue weighted by atomic mass is 9.61. The molecule has 0 aromatic heterocycles. The minimum atomic E-state index is -0.423. The molecule has 4 aliphatic rings. The first-order chi connectivity index (χ1) is 21.2. The van der Waals surface area contributed by atoms with Gasteiger partial charge >= 0.3 is 0 Å². The van der Waals surface area contributed by atoms with Crippen LogP contribution in [0.15, 0.2) is 36.5 Å². The number of hydrogen-bond donors (Lipinski definition) is 1. The number of benzene rings is 3. The van der Waals surface area contributed by atoms with E-state index < -0.39 is 5.41 Å². The van der Waals surface area contributed by atoms with Crippen molar-refractivity contribution in [3.63, 3.8) is 0 Å². The third-order valence-electron chi connectivity index (χ3n) is 11.8. The van der Waals surface area contributed by atoms with E-state index in [9.17, 15) is 4.79 Å². The molecule has 0 radical (unpaired) electrons. The number of rotatable bonds is 6. The van der Waals surface area contributed by atoms with Crippen LogP contribution in [0.1, 0.15) is 111 Å². The van der Waals surface area contributed by atoms with Crippen molar-refractivity contribution in [1.29, 1.82) is 0 Å². The zero-order chi connectivity index (χ0) is 30.9. The molecule has 3 aromatic carbocycles. The summed E-state index contributed by atoms with van der Waals surface area (Å²) in [5.74, 6) is 0.319. The molecule has 1 N–H and O–H groups in total. The highest BCUT2D eigenvalue weighted by Crippen LogP contribution is 2.58. The van der Waals surface area contributed by atoms with Gasteiger partial charge in [0.2, 0.25) is 0 Å². The van der Waals surface area contributed by atoms with Crippen molar-refractivity contribution in [3.05, 3.63) is 103 Å². The van der Waals surface area contributed by atoms with E-state index in [0.29, 0.717) is 12.2 Å². The second-order valence-electron chi connectivity index (χ2n) is 13.9. The molecule has 230 valence electrons. The molecule has 1 unspecified atom stereocenters. The Morgan fingerprint density at radius 2 is 1.43 bits per heavy atom. The van der Waals surface area contributed by atoms with E-state index in [1.807, 2.05) is 7.05 Å². The van der Waals surface area contributed by atoms with Crippen LogP contribution in [-0.2, 0) is 24.7 Å². The molecule has 0 amide bonds. The normalized spacial score (nSPS) is 19.8. The first-order valence-corrected chi connectivity index (χ1v) is 17.0. The van der Waals surface area contributed by atoms with Crippen molar-refractivity contribution in [2.24, 2.45) is 0 Å². The number of ketones is 1. The van der Waals surface area contributed by atoms with Crippen molar-refractivity contribution >= 4 is 17.2 Å². The first-order valence-electron chi connectivity index (χ1n) is 17.0. The predicted octanol–water partition coefficient (Wildman–Crippen LogP) is 7.78. The molecule has 0 fully saturated rings. The van der Waals surface area contributed by atoms with Gasteiger partial charge in [-0.15, -0.1) is 0 Å². The van der Waals surface area contributed by atoms with Gasteiger partial charge in [0.15, 0.2) is 5.78 Å². The number of carbonyl (C=O) groups excluding carboxylic acids is 1. The van der Waals surface area contributed by atoms with Crippen LogP contribution in [0.4, 0.5) is 11.4 Å². The maximum atomic E-state index is 14.3. The van der Waals surface area contributed by atoms with Gasteiger partial charge in [-0.2, -0.15) is 0 Å².